The van der Waals surface area contributed by atoms with E-state index in [-0.39, 0.29) is 17.6 Å². The van der Waals surface area contributed by atoms with Crippen LogP contribution >= 0.6 is 11.6 Å². The zero-order chi connectivity index (χ0) is 19.6. The normalized spacial score (nSPS) is 17.7. The number of carbonyl (C=O) groups excluding carboxylic acids is 3. The summed E-state index contributed by atoms with van der Waals surface area (Å²) in [5, 5.41) is 6.00. The quantitative estimate of drug-likeness (QED) is 0.740. The maximum absolute atomic E-state index is 12.4. The van der Waals surface area contributed by atoms with Crippen molar-refractivity contribution < 1.29 is 19.1 Å². The van der Waals surface area contributed by atoms with Gasteiger partial charge in [-0.2, -0.15) is 0 Å². The lowest BCUT2D eigenvalue weighted by Gasteiger charge is -2.10. The van der Waals surface area contributed by atoms with E-state index in [1.165, 1.54) is 14.0 Å². The van der Waals surface area contributed by atoms with Crippen molar-refractivity contribution in [2.45, 2.75) is 13.3 Å². The topological polar surface area (TPSA) is 84.5 Å². The number of halogens is 1. The number of carbonyl (C=O) groups is 3. The first-order chi connectivity index (χ1) is 12.9. The Bertz CT molecular complexity index is 913. The number of ether oxygens (including phenoxy) is 1. The summed E-state index contributed by atoms with van der Waals surface area (Å²) in [6.07, 6.45) is 0.465. The summed E-state index contributed by atoms with van der Waals surface area (Å²) in [6, 6.07) is 11.6. The van der Waals surface area contributed by atoms with Gasteiger partial charge in [-0.05, 0) is 43.7 Å². The zero-order valence-corrected chi connectivity index (χ0v) is 15.7. The van der Waals surface area contributed by atoms with Gasteiger partial charge in [0.15, 0.2) is 5.78 Å². The van der Waals surface area contributed by atoms with Crippen LogP contribution < -0.4 is 15.4 Å². The summed E-state index contributed by atoms with van der Waals surface area (Å²) in [5.74, 6) is -0.899. The predicted octanol–water partition coefficient (Wildman–Crippen LogP) is 3.76. The van der Waals surface area contributed by atoms with E-state index >= 15 is 0 Å². The van der Waals surface area contributed by atoms with Gasteiger partial charge in [0.1, 0.15) is 5.75 Å². The Labute approximate surface area is 161 Å². The Morgan fingerprint density at radius 2 is 1.74 bits per heavy atom. The summed E-state index contributed by atoms with van der Waals surface area (Å²) in [6.45, 7) is 1.46. The van der Waals surface area contributed by atoms with Crippen LogP contribution in [0.3, 0.4) is 0 Å². The van der Waals surface area contributed by atoms with Gasteiger partial charge in [-0.1, -0.05) is 23.7 Å². The van der Waals surface area contributed by atoms with Crippen LogP contribution in [0.25, 0.3) is 0 Å². The van der Waals surface area contributed by atoms with E-state index in [0.29, 0.717) is 34.1 Å². The number of hydrogen-bond donors (Lipinski definition) is 2. The van der Waals surface area contributed by atoms with Crippen LogP contribution in [-0.4, -0.2) is 24.7 Å². The lowest BCUT2D eigenvalue weighted by Crippen LogP contribution is -2.21. The van der Waals surface area contributed by atoms with Gasteiger partial charge in [0.25, 0.3) is 0 Å². The molecule has 6 nitrogen and oxygen atoms in total. The molecule has 0 spiro atoms. The van der Waals surface area contributed by atoms with E-state index in [9.17, 15) is 14.4 Å². The molecule has 3 rings (SSSR count). The molecule has 1 aliphatic carbocycles. The van der Waals surface area contributed by atoms with Crippen LogP contribution in [-0.2, 0) is 9.59 Å². The standard InChI is InChI=1S/C20H19ClN2O4/c1-11(24)12-4-3-5-14(8-12)22-19(25)15-10-16(15)20(26)23-17-9-13(21)6-7-18(17)27-2/h3-9,15-16H,10H2,1-2H3,(H,22,25)(H,23,26). The number of methoxy groups -OCH3 is 1. The Balaban J connectivity index is 1.61. The average Bonchev–Trinajstić information content (AvgIpc) is 3.43. The SMILES string of the molecule is COc1ccc(Cl)cc1NC(=O)C1CC1C(=O)Nc1cccc(C(C)=O)c1. The van der Waals surface area contributed by atoms with Crippen molar-refractivity contribution in [3.63, 3.8) is 0 Å². The highest BCUT2D eigenvalue weighted by atomic mass is 35.5. The molecule has 2 atom stereocenters. The maximum atomic E-state index is 12.4. The third-order valence-electron chi connectivity index (χ3n) is 4.42. The molecule has 0 aromatic heterocycles. The minimum Gasteiger partial charge on any atom is -0.495 e. The van der Waals surface area contributed by atoms with Crippen LogP contribution in [0.15, 0.2) is 42.5 Å². The molecule has 1 fully saturated rings. The van der Waals surface area contributed by atoms with E-state index < -0.39 is 11.8 Å². The first-order valence-electron chi connectivity index (χ1n) is 8.45. The first-order valence-corrected chi connectivity index (χ1v) is 8.83. The molecule has 2 amide bonds. The van der Waals surface area contributed by atoms with Crippen LogP contribution in [0.5, 0.6) is 5.75 Å². The minimum absolute atomic E-state index is 0.0785. The van der Waals surface area contributed by atoms with Crippen molar-refractivity contribution in [3.05, 3.63) is 53.1 Å². The second kappa shape index (κ2) is 7.80. The van der Waals surface area contributed by atoms with Gasteiger partial charge in [0.2, 0.25) is 11.8 Å². The highest BCUT2D eigenvalue weighted by Crippen LogP contribution is 2.41. The summed E-state index contributed by atoms with van der Waals surface area (Å²) in [4.78, 5) is 36.2. The third kappa shape index (κ3) is 4.46. The molecule has 0 bridgehead atoms. The molecule has 1 aliphatic rings. The number of anilines is 2. The Kier molecular flexibility index (Phi) is 5.46. The lowest BCUT2D eigenvalue weighted by molar-refractivity contribution is -0.122. The Morgan fingerprint density at radius 1 is 1.04 bits per heavy atom. The molecular weight excluding hydrogens is 368 g/mol. The largest absolute Gasteiger partial charge is 0.495 e. The molecule has 0 saturated heterocycles. The summed E-state index contributed by atoms with van der Waals surface area (Å²) >= 11 is 5.96. The average molecular weight is 387 g/mol. The third-order valence-corrected chi connectivity index (χ3v) is 4.66. The predicted molar refractivity (Wildman–Crippen MR) is 103 cm³/mol. The van der Waals surface area contributed by atoms with Gasteiger partial charge in [0.05, 0.1) is 24.6 Å². The second-order valence-electron chi connectivity index (χ2n) is 6.41. The van der Waals surface area contributed by atoms with Gasteiger partial charge in [-0.15, -0.1) is 0 Å². The first kappa shape index (κ1) is 18.9. The molecule has 7 heteroatoms. The molecule has 2 N–H and O–H groups in total. The van der Waals surface area contributed by atoms with E-state index in [1.54, 1.807) is 42.5 Å². The van der Waals surface area contributed by atoms with Crippen LogP contribution in [0.2, 0.25) is 5.02 Å². The summed E-state index contributed by atoms with van der Waals surface area (Å²) in [5.41, 5.74) is 1.52. The number of nitrogens with one attached hydrogen (secondary N) is 2. The summed E-state index contributed by atoms with van der Waals surface area (Å²) in [7, 11) is 1.50. The van der Waals surface area contributed by atoms with Crippen LogP contribution in [0.1, 0.15) is 23.7 Å². The molecule has 2 unspecified atom stereocenters. The highest BCUT2D eigenvalue weighted by molar-refractivity contribution is 6.31. The smallest absolute Gasteiger partial charge is 0.228 e. The monoisotopic (exact) mass is 386 g/mol. The number of rotatable bonds is 6. The fourth-order valence-electron chi connectivity index (χ4n) is 2.83. The number of Topliss-reactive ketones (excluding diaryl/α,β-unsaturated/α-hetero) is 1. The van der Waals surface area contributed by atoms with Crippen molar-refractivity contribution in [3.8, 4) is 5.75 Å². The maximum Gasteiger partial charge on any atom is 0.228 e. The zero-order valence-electron chi connectivity index (χ0n) is 14.9. The molecule has 27 heavy (non-hydrogen) atoms. The van der Waals surface area contributed by atoms with Crippen molar-refractivity contribution >= 4 is 40.6 Å². The van der Waals surface area contributed by atoms with E-state index in [4.69, 9.17) is 16.3 Å². The molecule has 2 aromatic rings. The van der Waals surface area contributed by atoms with E-state index in [2.05, 4.69) is 10.6 Å². The Morgan fingerprint density at radius 3 is 2.41 bits per heavy atom. The van der Waals surface area contributed by atoms with E-state index in [1.807, 2.05) is 0 Å². The van der Waals surface area contributed by atoms with Gasteiger partial charge < -0.3 is 15.4 Å². The second-order valence-corrected chi connectivity index (χ2v) is 6.85. The fourth-order valence-corrected chi connectivity index (χ4v) is 3.00. The highest BCUT2D eigenvalue weighted by Gasteiger charge is 2.48. The van der Waals surface area contributed by atoms with Crippen molar-refractivity contribution in [2.24, 2.45) is 11.8 Å². The Hall–Kier alpha value is -2.86. The van der Waals surface area contributed by atoms with Gasteiger partial charge in [-0.3, -0.25) is 14.4 Å². The molecule has 2 aromatic carbocycles. The number of ketones is 1. The molecule has 0 heterocycles. The summed E-state index contributed by atoms with van der Waals surface area (Å²) < 4.78 is 5.20. The van der Waals surface area contributed by atoms with Crippen LogP contribution in [0.4, 0.5) is 11.4 Å². The van der Waals surface area contributed by atoms with Crippen molar-refractivity contribution in [1.82, 2.24) is 0 Å². The molecule has 0 radical (unpaired) electrons. The minimum atomic E-state index is -0.412. The number of amides is 2. The van der Waals surface area contributed by atoms with E-state index in [0.717, 1.165) is 0 Å². The fraction of sp³-hybridized carbons (Fsp3) is 0.250. The van der Waals surface area contributed by atoms with Gasteiger partial charge in [-0.25, -0.2) is 0 Å². The van der Waals surface area contributed by atoms with Crippen LogP contribution in [0, 0.1) is 11.8 Å². The van der Waals surface area contributed by atoms with Gasteiger partial charge >= 0.3 is 0 Å². The number of hydrogen-bond acceptors (Lipinski definition) is 4. The molecular formula is C20H19ClN2O4. The molecule has 1 saturated carbocycles. The van der Waals surface area contributed by atoms with Crippen molar-refractivity contribution in [2.75, 3.05) is 17.7 Å². The lowest BCUT2D eigenvalue weighted by atomic mass is 10.1. The number of benzene rings is 2. The van der Waals surface area contributed by atoms with Gasteiger partial charge in [0, 0.05) is 16.3 Å². The molecule has 140 valence electrons. The molecule has 0 aliphatic heterocycles. The van der Waals surface area contributed by atoms with Crippen molar-refractivity contribution in [1.29, 1.82) is 0 Å².